The number of ether oxygens (including phenoxy) is 1. The summed E-state index contributed by atoms with van der Waals surface area (Å²) in [5.74, 6) is -3.99. The van der Waals surface area contributed by atoms with Crippen LogP contribution in [0.4, 0.5) is 18.9 Å². The number of rotatable bonds is 6. The lowest BCUT2D eigenvalue weighted by atomic mass is 9.98. The van der Waals surface area contributed by atoms with Crippen LogP contribution in [0, 0.1) is 17.5 Å². The number of hydrogen-bond donors (Lipinski definition) is 2. The highest BCUT2D eigenvalue weighted by molar-refractivity contribution is 6.39. The number of carbonyl (C=O) groups excluding carboxylic acids is 2. The summed E-state index contributed by atoms with van der Waals surface area (Å²) >= 11 is 0. The van der Waals surface area contributed by atoms with Gasteiger partial charge in [0.15, 0.2) is 11.6 Å². The molecule has 3 aromatic carbocycles. The van der Waals surface area contributed by atoms with Gasteiger partial charge in [-0.15, -0.1) is 0 Å². The predicted molar refractivity (Wildman–Crippen MR) is 109 cm³/mol. The van der Waals surface area contributed by atoms with Gasteiger partial charge in [-0.3, -0.25) is 9.59 Å². The molecule has 0 fully saturated rings. The molecule has 2 amide bonds. The van der Waals surface area contributed by atoms with Crippen molar-refractivity contribution in [2.24, 2.45) is 0 Å². The lowest BCUT2D eigenvalue weighted by Crippen LogP contribution is -2.38. The molecule has 3 aromatic rings. The van der Waals surface area contributed by atoms with Crippen molar-refractivity contribution in [3.8, 4) is 5.75 Å². The molecule has 5 nitrogen and oxygen atoms in total. The molecule has 31 heavy (non-hydrogen) atoms. The molecule has 0 aliphatic rings. The molecular formula is C23H19F3N2O3. The smallest absolute Gasteiger partial charge is 0.313 e. The Bertz CT molecular complexity index is 1070. The van der Waals surface area contributed by atoms with Crippen molar-refractivity contribution in [3.63, 3.8) is 0 Å². The standard InChI is InChI=1S/C23H19F3N2O3/c1-31-18-9-4-15(5-10-18)21(12-14-2-6-16(24)7-3-14)28-23(30)22(29)27-17-8-11-19(25)20(26)13-17/h2-11,13,21H,12H2,1H3,(H,27,29)(H,28,30)/t21-/m1/s1. The molecular weight excluding hydrogens is 409 g/mol. The minimum atomic E-state index is -1.15. The van der Waals surface area contributed by atoms with E-state index in [9.17, 15) is 22.8 Å². The summed E-state index contributed by atoms with van der Waals surface area (Å²) in [5.41, 5.74) is 1.38. The van der Waals surface area contributed by atoms with Gasteiger partial charge < -0.3 is 15.4 Å². The topological polar surface area (TPSA) is 67.4 Å². The van der Waals surface area contributed by atoms with Crippen LogP contribution in [0.2, 0.25) is 0 Å². The fourth-order valence-electron chi connectivity index (χ4n) is 2.93. The first kappa shape index (κ1) is 21.9. The first-order valence-electron chi connectivity index (χ1n) is 9.31. The molecule has 2 N–H and O–H groups in total. The van der Waals surface area contributed by atoms with Crippen molar-refractivity contribution in [2.75, 3.05) is 12.4 Å². The van der Waals surface area contributed by atoms with Crippen molar-refractivity contribution in [1.82, 2.24) is 5.32 Å². The number of amides is 2. The van der Waals surface area contributed by atoms with Crippen LogP contribution in [0.1, 0.15) is 17.2 Å². The van der Waals surface area contributed by atoms with Gasteiger partial charge in [-0.2, -0.15) is 0 Å². The largest absolute Gasteiger partial charge is 0.497 e. The Morgan fingerprint density at radius 2 is 1.55 bits per heavy atom. The van der Waals surface area contributed by atoms with E-state index in [-0.39, 0.29) is 17.9 Å². The van der Waals surface area contributed by atoms with Gasteiger partial charge in [-0.1, -0.05) is 24.3 Å². The van der Waals surface area contributed by atoms with Gasteiger partial charge in [0.25, 0.3) is 0 Å². The maximum absolute atomic E-state index is 13.3. The molecule has 0 spiro atoms. The maximum Gasteiger partial charge on any atom is 0.313 e. The van der Waals surface area contributed by atoms with Gasteiger partial charge in [0.1, 0.15) is 11.6 Å². The Kier molecular flexibility index (Phi) is 6.92. The lowest BCUT2D eigenvalue weighted by molar-refractivity contribution is -0.136. The van der Waals surface area contributed by atoms with Crippen LogP contribution in [0.3, 0.4) is 0 Å². The number of halogens is 3. The second kappa shape index (κ2) is 9.80. The molecule has 0 unspecified atom stereocenters. The lowest BCUT2D eigenvalue weighted by Gasteiger charge is -2.20. The summed E-state index contributed by atoms with van der Waals surface area (Å²) in [6, 6.07) is 14.8. The first-order chi connectivity index (χ1) is 14.9. The Morgan fingerprint density at radius 3 is 2.16 bits per heavy atom. The van der Waals surface area contributed by atoms with Crippen molar-refractivity contribution in [3.05, 3.63) is 95.3 Å². The Balaban J connectivity index is 1.77. The van der Waals surface area contributed by atoms with E-state index in [2.05, 4.69) is 10.6 Å². The molecule has 3 rings (SSSR count). The molecule has 1 atom stereocenters. The quantitative estimate of drug-likeness (QED) is 0.580. The summed E-state index contributed by atoms with van der Waals surface area (Å²) in [4.78, 5) is 24.7. The molecule has 0 aliphatic heterocycles. The zero-order chi connectivity index (χ0) is 22.4. The van der Waals surface area contributed by atoms with Gasteiger partial charge in [-0.05, 0) is 53.9 Å². The molecule has 0 heterocycles. The van der Waals surface area contributed by atoms with Gasteiger partial charge in [0, 0.05) is 11.8 Å². The molecule has 0 aromatic heterocycles. The predicted octanol–water partition coefficient (Wildman–Crippen LogP) is 4.15. The molecule has 8 heteroatoms. The van der Waals surface area contributed by atoms with E-state index >= 15 is 0 Å². The van der Waals surface area contributed by atoms with E-state index in [1.165, 1.54) is 19.2 Å². The number of hydrogen-bond acceptors (Lipinski definition) is 3. The molecule has 160 valence electrons. The average Bonchev–Trinajstić information content (AvgIpc) is 2.77. The number of carbonyl (C=O) groups is 2. The maximum atomic E-state index is 13.3. The molecule has 0 saturated heterocycles. The van der Waals surface area contributed by atoms with Crippen LogP contribution in [0.5, 0.6) is 5.75 Å². The number of nitrogens with one attached hydrogen (secondary N) is 2. The van der Waals surface area contributed by atoms with Crippen LogP contribution in [-0.2, 0) is 16.0 Å². The van der Waals surface area contributed by atoms with E-state index in [1.807, 2.05) is 0 Å². The highest BCUT2D eigenvalue weighted by atomic mass is 19.2. The molecule has 0 radical (unpaired) electrons. The van der Waals surface area contributed by atoms with Crippen LogP contribution in [0.25, 0.3) is 0 Å². The average molecular weight is 428 g/mol. The zero-order valence-corrected chi connectivity index (χ0v) is 16.5. The normalized spacial score (nSPS) is 11.5. The van der Waals surface area contributed by atoms with E-state index < -0.39 is 29.5 Å². The Hall–Kier alpha value is -3.81. The summed E-state index contributed by atoms with van der Waals surface area (Å²) in [6.45, 7) is 0. The third-order valence-electron chi connectivity index (χ3n) is 4.56. The third kappa shape index (κ3) is 5.85. The fourth-order valence-corrected chi connectivity index (χ4v) is 2.93. The van der Waals surface area contributed by atoms with Crippen LogP contribution < -0.4 is 15.4 Å². The van der Waals surface area contributed by atoms with Crippen molar-refractivity contribution >= 4 is 17.5 Å². The van der Waals surface area contributed by atoms with Crippen LogP contribution in [0.15, 0.2) is 66.7 Å². The van der Waals surface area contributed by atoms with Crippen molar-refractivity contribution in [2.45, 2.75) is 12.5 Å². The van der Waals surface area contributed by atoms with Crippen molar-refractivity contribution in [1.29, 1.82) is 0 Å². The van der Waals surface area contributed by atoms with E-state index in [1.54, 1.807) is 36.4 Å². The number of benzene rings is 3. The molecule has 0 saturated carbocycles. The summed E-state index contributed by atoms with van der Waals surface area (Å²) in [6.07, 6.45) is 0.288. The Morgan fingerprint density at radius 1 is 0.871 bits per heavy atom. The van der Waals surface area contributed by atoms with E-state index in [4.69, 9.17) is 4.74 Å². The summed E-state index contributed by atoms with van der Waals surface area (Å²) in [5, 5.41) is 4.86. The van der Waals surface area contributed by atoms with Gasteiger partial charge in [0.2, 0.25) is 0 Å². The fraction of sp³-hybridized carbons (Fsp3) is 0.130. The minimum Gasteiger partial charge on any atom is -0.497 e. The van der Waals surface area contributed by atoms with E-state index in [0.29, 0.717) is 11.3 Å². The van der Waals surface area contributed by atoms with Gasteiger partial charge in [-0.25, -0.2) is 13.2 Å². The number of methoxy groups -OCH3 is 1. The minimum absolute atomic E-state index is 0.0569. The highest BCUT2D eigenvalue weighted by Gasteiger charge is 2.21. The SMILES string of the molecule is COc1ccc([C@@H](Cc2ccc(F)cc2)NC(=O)C(=O)Nc2ccc(F)c(F)c2)cc1. The Labute approximate surface area is 176 Å². The second-order valence-corrected chi connectivity index (χ2v) is 6.71. The first-order valence-corrected chi connectivity index (χ1v) is 9.31. The monoisotopic (exact) mass is 428 g/mol. The summed E-state index contributed by atoms with van der Waals surface area (Å²) in [7, 11) is 1.52. The molecule has 0 aliphatic carbocycles. The van der Waals surface area contributed by atoms with Gasteiger partial charge >= 0.3 is 11.8 Å². The van der Waals surface area contributed by atoms with Crippen molar-refractivity contribution < 1.29 is 27.5 Å². The van der Waals surface area contributed by atoms with Crippen LogP contribution >= 0.6 is 0 Å². The zero-order valence-electron chi connectivity index (χ0n) is 16.5. The van der Waals surface area contributed by atoms with Gasteiger partial charge in [0.05, 0.1) is 13.2 Å². The summed E-state index contributed by atoms with van der Waals surface area (Å²) < 4.78 is 44.7. The van der Waals surface area contributed by atoms with Crippen LogP contribution in [-0.4, -0.2) is 18.9 Å². The third-order valence-corrected chi connectivity index (χ3v) is 4.56. The molecule has 0 bridgehead atoms. The highest BCUT2D eigenvalue weighted by Crippen LogP contribution is 2.22. The van der Waals surface area contributed by atoms with E-state index in [0.717, 1.165) is 23.8 Å². The number of anilines is 1. The second-order valence-electron chi connectivity index (χ2n) is 6.71.